The van der Waals surface area contributed by atoms with Crippen molar-refractivity contribution in [2.75, 3.05) is 13.1 Å². The number of hydrogen-bond donors (Lipinski definition) is 2. The fourth-order valence-electron chi connectivity index (χ4n) is 2.54. The zero-order valence-electron chi connectivity index (χ0n) is 11.5. The second kappa shape index (κ2) is 6.35. The predicted octanol–water partition coefficient (Wildman–Crippen LogP) is 2.73. The second-order valence-electron chi connectivity index (χ2n) is 5.66. The van der Waals surface area contributed by atoms with Gasteiger partial charge >= 0.3 is 0 Å². The van der Waals surface area contributed by atoms with Gasteiger partial charge < -0.3 is 11.1 Å². The smallest absolute Gasteiger partial charge is 0.0341 e. The van der Waals surface area contributed by atoms with E-state index in [2.05, 4.69) is 42.6 Å². The van der Waals surface area contributed by atoms with Crippen molar-refractivity contribution in [2.24, 2.45) is 11.7 Å². The lowest BCUT2D eigenvalue weighted by Gasteiger charge is -2.33. The van der Waals surface area contributed by atoms with E-state index in [-0.39, 0.29) is 5.54 Å². The maximum absolute atomic E-state index is 6.04. The largest absolute Gasteiger partial charge is 0.329 e. The molecule has 2 rings (SSSR count). The summed E-state index contributed by atoms with van der Waals surface area (Å²) in [5.74, 6) is 0.988. The molecule has 0 radical (unpaired) electrons. The number of hydrogen-bond acceptors (Lipinski definition) is 2. The first-order chi connectivity index (χ1) is 8.78. The lowest BCUT2D eigenvalue weighted by Crippen LogP contribution is -2.52. The standard InChI is InChI=1S/C16H26N2/c1-2-16(13-17,18-11-10-14-8-9-14)12-15-6-4-3-5-7-15/h3-7,14,18H,2,8-13,17H2,1H3. The van der Waals surface area contributed by atoms with Gasteiger partial charge in [0.15, 0.2) is 0 Å². The van der Waals surface area contributed by atoms with E-state index in [9.17, 15) is 0 Å². The lowest BCUT2D eigenvalue weighted by molar-refractivity contribution is 0.314. The Labute approximate surface area is 111 Å². The molecule has 2 heteroatoms. The number of nitrogens with two attached hydrogens (primary N) is 1. The molecule has 1 aliphatic carbocycles. The van der Waals surface area contributed by atoms with Gasteiger partial charge in [0.25, 0.3) is 0 Å². The zero-order chi connectivity index (χ0) is 12.8. The molecule has 100 valence electrons. The fraction of sp³-hybridized carbons (Fsp3) is 0.625. The van der Waals surface area contributed by atoms with Crippen LogP contribution in [0.5, 0.6) is 0 Å². The van der Waals surface area contributed by atoms with E-state index in [1.54, 1.807) is 0 Å². The first kappa shape index (κ1) is 13.6. The van der Waals surface area contributed by atoms with Crippen LogP contribution in [0.4, 0.5) is 0 Å². The summed E-state index contributed by atoms with van der Waals surface area (Å²) in [5.41, 5.74) is 7.49. The zero-order valence-corrected chi connectivity index (χ0v) is 11.5. The second-order valence-corrected chi connectivity index (χ2v) is 5.66. The minimum Gasteiger partial charge on any atom is -0.329 e. The summed E-state index contributed by atoms with van der Waals surface area (Å²) in [7, 11) is 0. The summed E-state index contributed by atoms with van der Waals surface area (Å²) in [6.07, 6.45) is 6.30. The molecular weight excluding hydrogens is 220 g/mol. The fourth-order valence-corrected chi connectivity index (χ4v) is 2.54. The van der Waals surface area contributed by atoms with Crippen molar-refractivity contribution in [1.82, 2.24) is 5.32 Å². The highest BCUT2D eigenvalue weighted by molar-refractivity contribution is 5.18. The number of rotatable bonds is 8. The minimum absolute atomic E-state index is 0.0796. The highest BCUT2D eigenvalue weighted by atomic mass is 15.0. The Hall–Kier alpha value is -0.860. The van der Waals surface area contributed by atoms with Crippen LogP contribution in [-0.4, -0.2) is 18.6 Å². The van der Waals surface area contributed by atoms with Crippen LogP contribution in [0.2, 0.25) is 0 Å². The molecule has 0 aliphatic heterocycles. The minimum atomic E-state index is 0.0796. The van der Waals surface area contributed by atoms with E-state index < -0.39 is 0 Å². The Morgan fingerprint density at radius 1 is 1.28 bits per heavy atom. The van der Waals surface area contributed by atoms with Crippen LogP contribution in [0.3, 0.4) is 0 Å². The van der Waals surface area contributed by atoms with Crippen molar-refractivity contribution in [1.29, 1.82) is 0 Å². The topological polar surface area (TPSA) is 38.0 Å². The van der Waals surface area contributed by atoms with E-state index in [1.165, 1.54) is 24.8 Å². The molecule has 0 saturated heterocycles. The summed E-state index contributed by atoms with van der Waals surface area (Å²) in [6, 6.07) is 10.7. The van der Waals surface area contributed by atoms with E-state index in [1.807, 2.05) is 0 Å². The molecular formula is C16H26N2. The third-order valence-electron chi connectivity index (χ3n) is 4.20. The van der Waals surface area contributed by atoms with Gasteiger partial charge in [-0.15, -0.1) is 0 Å². The number of nitrogens with one attached hydrogen (secondary N) is 1. The molecule has 1 atom stereocenters. The van der Waals surface area contributed by atoms with E-state index in [4.69, 9.17) is 5.73 Å². The van der Waals surface area contributed by atoms with Gasteiger partial charge in [-0.05, 0) is 37.3 Å². The van der Waals surface area contributed by atoms with Gasteiger partial charge in [-0.2, -0.15) is 0 Å². The molecule has 0 aromatic heterocycles. The first-order valence-corrected chi connectivity index (χ1v) is 7.27. The Balaban J connectivity index is 1.91. The SMILES string of the molecule is CCC(CN)(Cc1ccccc1)NCCC1CC1. The molecule has 1 aromatic rings. The van der Waals surface area contributed by atoms with E-state index in [0.29, 0.717) is 6.54 Å². The molecule has 1 aromatic carbocycles. The van der Waals surface area contributed by atoms with Gasteiger partial charge in [0, 0.05) is 12.1 Å². The summed E-state index contributed by atoms with van der Waals surface area (Å²) in [6.45, 7) is 4.06. The van der Waals surface area contributed by atoms with E-state index in [0.717, 1.165) is 25.3 Å². The lowest BCUT2D eigenvalue weighted by atomic mass is 9.88. The molecule has 18 heavy (non-hydrogen) atoms. The van der Waals surface area contributed by atoms with Crippen LogP contribution in [0.15, 0.2) is 30.3 Å². The molecule has 1 aliphatic rings. The van der Waals surface area contributed by atoms with Gasteiger partial charge in [-0.3, -0.25) is 0 Å². The Morgan fingerprint density at radius 2 is 2.00 bits per heavy atom. The van der Waals surface area contributed by atoms with Crippen molar-refractivity contribution in [3.63, 3.8) is 0 Å². The predicted molar refractivity (Wildman–Crippen MR) is 77.6 cm³/mol. The van der Waals surface area contributed by atoms with Crippen molar-refractivity contribution < 1.29 is 0 Å². The van der Waals surface area contributed by atoms with Crippen LogP contribution in [0.1, 0.15) is 38.2 Å². The molecule has 1 unspecified atom stereocenters. The van der Waals surface area contributed by atoms with Crippen LogP contribution < -0.4 is 11.1 Å². The summed E-state index contributed by atoms with van der Waals surface area (Å²) in [5, 5.41) is 3.73. The molecule has 0 amide bonds. The normalized spacial score (nSPS) is 18.6. The van der Waals surface area contributed by atoms with Crippen LogP contribution in [-0.2, 0) is 6.42 Å². The maximum Gasteiger partial charge on any atom is 0.0341 e. The quantitative estimate of drug-likeness (QED) is 0.740. The Morgan fingerprint density at radius 3 is 2.56 bits per heavy atom. The third-order valence-corrected chi connectivity index (χ3v) is 4.20. The molecule has 1 saturated carbocycles. The molecule has 0 spiro atoms. The Kier molecular flexibility index (Phi) is 4.79. The van der Waals surface area contributed by atoms with Crippen molar-refractivity contribution in [3.05, 3.63) is 35.9 Å². The average Bonchev–Trinajstić information content (AvgIpc) is 3.23. The third kappa shape index (κ3) is 3.82. The van der Waals surface area contributed by atoms with Crippen molar-refractivity contribution in [3.8, 4) is 0 Å². The van der Waals surface area contributed by atoms with Gasteiger partial charge in [-0.25, -0.2) is 0 Å². The van der Waals surface area contributed by atoms with Gasteiger partial charge in [-0.1, -0.05) is 50.1 Å². The monoisotopic (exact) mass is 246 g/mol. The van der Waals surface area contributed by atoms with Gasteiger partial charge in [0.05, 0.1) is 0 Å². The Bertz CT molecular complexity index is 339. The average molecular weight is 246 g/mol. The highest BCUT2D eigenvalue weighted by Crippen LogP contribution is 2.32. The highest BCUT2D eigenvalue weighted by Gasteiger charge is 2.27. The molecule has 0 bridgehead atoms. The maximum atomic E-state index is 6.04. The van der Waals surface area contributed by atoms with Crippen molar-refractivity contribution in [2.45, 2.75) is 44.6 Å². The molecule has 1 fully saturated rings. The van der Waals surface area contributed by atoms with Gasteiger partial charge in [0.2, 0.25) is 0 Å². The molecule has 2 nitrogen and oxygen atoms in total. The summed E-state index contributed by atoms with van der Waals surface area (Å²) >= 11 is 0. The first-order valence-electron chi connectivity index (χ1n) is 7.27. The number of benzene rings is 1. The molecule has 0 heterocycles. The van der Waals surface area contributed by atoms with E-state index >= 15 is 0 Å². The van der Waals surface area contributed by atoms with Crippen molar-refractivity contribution >= 4 is 0 Å². The summed E-state index contributed by atoms with van der Waals surface area (Å²) in [4.78, 5) is 0. The van der Waals surface area contributed by atoms with Crippen LogP contribution in [0, 0.1) is 5.92 Å². The summed E-state index contributed by atoms with van der Waals surface area (Å²) < 4.78 is 0. The van der Waals surface area contributed by atoms with Crippen LogP contribution >= 0.6 is 0 Å². The van der Waals surface area contributed by atoms with Crippen LogP contribution in [0.25, 0.3) is 0 Å². The molecule has 3 N–H and O–H groups in total. The van der Waals surface area contributed by atoms with Gasteiger partial charge in [0.1, 0.15) is 0 Å².